The van der Waals surface area contributed by atoms with Crippen molar-refractivity contribution in [1.82, 2.24) is 15.5 Å². The molecule has 2 N–H and O–H groups in total. The van der Waals surface area contributed by atoms with Gasteiger partial charge in [-0.3, -0.25) is 9.59 Å². The number of hydrogen-bond acceptors (Lipinski definition) is 4. The monoisotopic (exact) mass is 357 g/mol. The highest BCUT2D eigenvalue weighted by Crippen LogP contribution is 2.23. The van der Waals surface area contributed by atoms with Crippen LogP contribution in [0, 0.1) is 5.92 Å². The number of ether oxygens (including phenoxy) is 1. The van der Waals surface area contributed by atoms with Crippen LogP contribution in [-0.4, -0.2) is 48.9 Å². The average Bonchev–Trinajstić information content (AvgIpc) is 3.36. The van der Waals surface area contributed by atoms with E-state index in [1.54, 1.807) is 0 Å². The second-order valence-corrected chi connectivity index (χ2v) is 7.63. The van der Waals surface area contributed by atoms with Crippen molar-refractivity contribution < 1.29 is 14.3 Å². The number of amides is 2. The highest BCUT2D eigenvalue weighted by molar-refractivity contribution is 5.94. The molecule has 0 aromatic heterocycles. The number of nitrogens with one attached hydrogen (secondary N) is 2. The number of piperidine rings is 1. The molecule has 3 aliphatic heterocycles. The lowest BCUT2D eigenvalue weighted by molar-refractivity contribution is -0.123. The maximum Gasteiger partial charge on any atom is 0.253 e. The predicted octanol–water partition coefficient (Wildman–Crippen LogP) is 1.44. The molecule has 3 heterocycles. The summed E-state index contributed by atoms with van der Waals surface area (Å²) in [5.74, 6) is 0.522. The molecule has 2 amide bonds. The lowest BCUT2D eigenvalue weighted by Crippen LogP contribution is -2.46. The fourth-order valence-electron chi connectivity index (χ4n) is 4.18. The first-order valence-corrected chi connectivity index (χ1v) is 9.70. The summed E-state index contributed by atoms with van der Waals surface area (Å²) in [6.07, 6.45) is 4.03. The highest BCUT2D eigenvalue weighted by Gasteiger charge is 2.27. The molecule has 140 valence electrons. The predicted molar refractivity (Wildman–Crippen MR) is 97.6 cm³/mol. The van der Waals surface area contributed by atoms with Gasteiger partial charge in [-0.05, 0) is 61.4 Å². The summed E-state index contributed by atoms with van der Waals surface area (Å²) >= 11 is 0. The average molecular weight is 357 g/mol. The Morgan fingerprint density at radius 2 is 2.08 bits per heavy atom. The number of likely N-dealkylation sites (tertiary alicyclic amines) is 1. The van der Waals surface area contributed by atoms with Gasteiger partial charge in [0.25, 0.3) is 5.91 Å². The molecule has 3 aliphatic rings. The first kappa shape index (κ1) is 17.5. The van der Waals surface area contributed by atoms with Crippen molar-refractivity contribution in [3.63, 3.8) is 0 Å². The molecule has 2 fully saturated rings. The van der Waals surface area contributed by atoms with Gasteiger partial charge < -0.3 is 20.3 Å². The largest absolute Gasteiger partial charge is 0.372 e. The smallest absolute Gasteiger partial charge is 0.253 e. The van der Waals surface area contributed by atoms with E-state index in [1.807, 2.05) is 23.1 Å². The second kappa shape index (κ2) is 7.76. The molecule has 1 aromatic carbocycles. The Balaban J connectivity index is 1.32. The molecule has 2 saturated heterocycles. The number of carbonyl (C=O) groups is 2. The molecule has 0 spiro atoms. The fourth-order valence-corrected chi connectivity index (χ4v) is 4.18. The van der Waals surface area contributed by atoms with E-state index >= 15 is 0 Å². The van der Waals surface area contributed by atoms with E-state index in [0.717, 1.165) is 49.9 Å². The molecular formula is C20H27N3O3. The molecule has 2 unspecified atom stereocenters. The summed E-state index contributed by atoms with van der Waals surface area (Å²) in [7, 11) is 0. The first-order valence-electron chi connectivity index (χ1n) is 9.70. The van der Waals surface area contributed by atoms with Crippen LogP contribution >= 0.6 is 0 Å². The lowest BCUT2D eigenvalue weighted by Gasteiger charge is -2.33. The number of nitrogens with zero attached hydrogens (tertiary/aromatic N) is 1. The second-order valence-electron chi connectivity index (χ2n) is 7.63. The maximum absolute atomic E-state index is 12.9. The minimum absolute atomic E-state index is 0.0371. The Bertz CT molecular complexity index is 685. The van der Waals surface area contributed by atoms with Crippen LogP contribution in [0.15, 0.2) is 18.2 Å². The van der Waals surface area contributed by atoms with E-state index < -0.39 is 0 Å². The van der Waals surface area contributed by atoms with Crippen LogP contribution in [0.3, 0.4) is 0 Å². The van der Waals surface area contributed by atoms with Gasteiger partial charge in [0.15, 0.2) is 0 Å². The third-order valence-electron chi connectivity index (χ3n) is 5.72. The molecule has 26 heavy (non-hydrogen) atoms. The quantitative estimate of drug-likeness (QED) is 0.855. The first-order chi connectivity index (χ1) is 12.7. The van der Waals surface area contributed by atoms with E-state index in [4.69, 9.17) is 4.74 Å². The molecule has 4 rings (SSSR count). The zero-order valence-electron chi connectivity index (χ0n) is 15.1. The molecule has 0 aliphatic carbocycles. The maximum atomic E-state index is 12.9. The number of benzene rings is 1. The third kappa shape index (κ3) is 3.76. The van der Waals surface area contributed by atoms with Gasteiger partial charge >= 0.3 is 0 Å². The topological polar surface area (TPSA) is 70.7 Å². The Labute approximate surface area is 154 Å². The molecule has 0 radical (unpaired) electrons. The number of fused-ring (bicyclic) bond motifs is 1. The summed E-state index contributed by atoms with van der Waals surface area (Å²) < 4.78 is 5.44. The van der Waals surface area contributed by atoms with Gasteiger partial charge in [0.05, 0.1) is 19.3 Å². The van der Waals surface area contributed by atoms with Crippen LogP contribution in [0.1, 0.15) is 47.2 Å². The van der Waals surface area contributed by atoms with Crippen molar-refractivity contribution in [3.8, 4) is 0 Å². The summed E-state index contributed by atoms with van der Waals surface area (Å²) in [5.41, 5.74) is 3.05. The van der Waals surface area contributed by atoms with Crippen molar-refractivity contribution in [2.24, 2.45) is 5.92 Å². The van der Waals surface area contributed by atoms with Crippen molar-refractivity contribution in [2.45, 2.75) is 44.9 Å². The van der Waals surface area contributed by atoms with Crippen LogP contribution in [0.2, 0.25) is 0 Å². The van der Waals surface area contributed by atoms with E-state index in [9.17, 15) is 9.59 Å². The van der Waals surface area contributed by atoms with E-state index in [1.165, 1.54) is 5.56 Å². The van der Waals surface area contributed by atoms with E-state index in [0.29, 0.717) is 32.2 Å². The van der Waals surface area contributed by atoms with E-state index in [2.05, 4.69) is 10.6 Å². The summed E-state index contributed by atoms with van der Waals surface area (Å²) in [6, 6.07) is 5.85. The number of rotatable bonds is 4. The summed E-state index contributed by atoms with van der Waals surface area (Å²) in [4.78, 5) is 27.0. The zero-order valence-corrected chi connectivity index (χ0v) is 15.1. The Kier molecular flexibility index (Phi) is 5.22. The molecule has 6 nitrogen and oxygen atoms in total. The fraction of sp³-hybridized carbons (Fsp3) is 0.600. The minimum atomic E-state index is -0.0371. The molecular weight excluding hydrogens is 330 g/mol. The van der Waals surface area contributed by atoms with Gasteiger partial charge in [-0.2, -0.15) is 0 Å². The van der Waals surface area contributed by atoms with Crippen LogP contribution in [0.25, 0.3) is 0 Å². The Hall–Kier alpha value is -1.92. The minimum Gasteiger partial charge on any atom is -0.372 e. The Morgan fingerprint density at radius 3 is 2.92 bits per heavy atom. The number of hydrogen-bond donors (Lipinski definition) is 2. The highest BCUT2D eigenvalue weighted by atomic mass is 16.5. The van der Waals surface area contributed by atoms with Crippen LogP contribution in [0.4, 0.5) is 0 Å². The number of carbonyl (C=O) groups excluding carboxylic acids is 2. The van der Waals surface area contributed by atoms with Gasteiger partial charge in [-0.15, -0.1) is 0 Å². The van der Waals surface area contributed by atoms with Crippen molar-refractivity contribution in [1.29, 1.82) is 0 Å². The van der Waals surface area contributed by atoms with Gasteiger partial charge in [0.1, 0.15) is 0 Å². The SMILES string of the molecule is O=C(NCC1CCCN(C(=O)c2ccc3c(c2)COC3)C1)C1CCCN1. The normalized spacial score (nSPS) is 25.2. The van der Waals surface area contributed by atoms with Crippen LogP contribution < -0.4 is 10.6 Å². The van der Waals surface area contributed by atoms with Crippen molar-refractivity contribution in [3.05, 3.63) is 34.9 Å². The van der Waals surface area contributed by atoms with Crippen LogP contribution in [0.5, 0.6) is 0 Å². The zero-order chi connectivity index (χ0) is 17.9. The molecule has 1 aromatic rings. The standard InChI is InChI=1S/C20H27N3O3/c24-19(18-4-1-7-21-18)22-10-14-3-2-8-23(11-14)20(25)15-5-6-16-12-26-13-17(16)9-15/h5-6,9,14,18,21H,1-4,7-8,10-13H2,(H,22,24). The molecule has 6 heteroatoms. The third-order valence-corrected chi connectivity index (χ3v) is 5.72. The van der Waals surface area contributed by atoms with Gasteiger partial charge in [-0.1, -0.05) is 6.07 Å². The van der Waals surface area contributed by atoms with Crippen molar-refractivity contribution >= 4 is 11.8 Å². The van der Waals surface area contributed by atoms with E-state index in [-0.39, 0.29) is 17.9 Å². The van der Waals surface area contributed by atoms with Gasteiger partial charge in [-0.25, -0.2) is 0 Å². The molecule has 0 saturated carbocycles. The van der Waals surface area contributed by atoms with Gasteiger partial charge in [0, 0.05) is 25.2 Å². The lowest BCUT2D eigenvalue weighted by atomic mass is 9.96. The molecule has 0 bridgehead atoms. The summed E-state index contributed by atoms with van der Waals surface area (Å²) in [5, 5.41) is 6.30. The Morgan fingerprint density at radius 1 is 1.19 bits per heavy atom. The summed E-state index contributed by atoms with van der Waals surface area (Å²) in [6.45, 7) is 4.33. The van der Waals surface area contributed by atoms with Crippen LogP contribution in [-0.2, 0) is 22.7 Å². The van der Waals surface area contributed by atoms with Gasteiger partial charge in [0.2, 0.25) is 5.91 Å². The van der Waals surface area contributed by atoms with Crippen molar-refractivity contribution in [2.75, 3.05) is 26.2 Å². The molecule has 2 atom stereocenters.